The van der Waals surface area contributed by atoms with E-state index in [1.807, 2.05) is 0 Å². The van der Waals surface area contributed by atoms with Crippen LogP contribution in [0, 0.1) is 5.92 Å². The highest BCUT2D eigenvalue weighted by atomic mass is 27.2. The molecule has 2 nitrogen and oxygen atoms in total. The summed E-state index contributed by atoms with van der Waals surface area (Å²) in [6, 6.07) is 0. The molecule has 27 heavy (non-hydrogen) atoms. The molecule has 1 atom stereocenters. The quantitative estimate of drug-likeness (QED) is 0.110. The first kappa shape index (κ1) is 27.5. The van der Waals surface area contributed by atoms with E-state index >= 15 is 0 Å². The molecule has 162 valence electrons. The van der Waals surface area contributed by atoms with Crippen molar-refractivity contribution in [2.45, 2.75) is 141 Å². The van der Waals surface area contributed by atoms with Gasteiger partial charge in [0, 0.05) is 0 Å². The molecule has 0 N–H and O–H groups in total. The number of ether oxygens (including phenoxy) is 1. The van der Waals surface area contributed by atoms with E-state index in [0.29, 0.717) is 5.92 Å². The Morgan fingerprint density at radius 2 is 1.11 bits per heavy atom. The average Bonchev–Trinajstić information content (AvgIpc) is 2.65. The van der Waals surface area contributed by atoms with Crippen LogP contribution >= 0.6 is 0 Å². The molecule has 0 bridgehead atoms. The third kappa shape index (κ3) is 19.5. The molecular formula is C24H51AlO2. The SMILES string of the molecule is CCCCCCC[CH2][Al]([CH2]CCCCCCC)[O]C(CCC)OCC(C)C. The molecule has 0 aromatic rings. The Kier molecular flexibility index (Phi) is 21.5. The van der Waals surface area contributed by atoms with Gasteiger partial charge < -0.3 is 8.53 Å². The molecule has 0 saturated heterocycles. The Bertz CT molecular complexity index is 268. The van der Waals surface area contributed by atoms with Crippen LogP contribution in [0.4, 0.5) is 0 Å². The third-order valence-electron chi connectivity index (χ3n) is 5.24. The molecule has 1 unspecified atom stereocenters. The molecular weight excluding hydrogens is 347 g/mol. The fourth-order valence-electron chi connectivity index (χ4n) is 3.53. The fraction of sp³-hybridized carbons (Fsp3) is 1.00. The van der Waals surface area contributed by atoms with Gasteiger partial charge in [0.25, 0.3) is 0 Å². The van der Waals surface area contributed by atoms with Crippen LogP contribution in [-0.4, -0.2) is 27.4 Å². The summed E-state index contributed by atoms with van der Waals surface area (Å²) in [6.45, 7) is 12.1. The zero-order valence-electron chi connectivity index (χ0n) is 19.6. The van der Waals surface area contributed by atoms with Gasteiger partial charge in [-0.05, 0) is 12.3 Å². The van der Waals surface area contributed by atoms with Gasteiger partial charge in [-0.3, -0.25) is 0 Å². The van der Waals surface area contributed by atoms with Crippen LogP contribution in [0.15, 0.2) is 0 Å². The van der Waals surface area contributed by atoms with E-state index in [9.17, 15) is 0 Å². The van der Waals surface area contributed by atoms with Crippen molar-refractivity contribution in [3.63, 3.8) is 0 Å². The maximum Gasteiger partial charge on any atom is 0.462 e. The Labute approximate surface area is 176 Å². The minimum atomic E-state index is -1.13. The number of unbranched alkanes of at least 4 members (excludes halogenated alkanes) is 10. The first-order chi connectivity index (χ1) is 13.1. The second-order valence-electron chi connectivity index (χ2n) is 8.82. The van der Waals surface area contributed by atoms with Crippen molar-refractivity contribution in [3.05, 3.63) is 0 Å². The maximum absolute atomic E-state index is 6.61. The van der Waals surface area contributed by atoms with Gasteiger partial charge in [0.2, 0.25) is 0 Å². The largest absolute Gasteiger partial charge is 0.478 e. The predicted octanol–water partition coefficient (Wildman–Crippen LogP) is 8.51. The van der Waals surface area contributed by atoms with Crippen molar-refractivity contribution >= 4 is 14.5 Å². The van der Waals surface area contributed by atoms with Crippen molar-refractivity contribution in [2.24, 2.45) is 5.92 Å². The fourth-order valence-corrected chi connectivity index (χ4v) is 6.22. The van der Waals surface area contributed by atoms with E-state index in [4.69, 9.17) is 8.53 Å². The van der Waals surface area contributed by atoms with Crippen molar-refractivity contribution in [2.75, 3.05) is 6.61 Å². The smallest absolute Gasteiger partial charge is 0.462 e. The Morgan fingerprint density at radius 1 is 0.630 bits per heavy atom. The first-order valence-corrected chi connectivity index (χ1v) is 14.5. The van der Waals surface area contributed by atoms with Crippen LogP contribution in [0.2, 0.25) is 10.6 Å². The molecule has 0 aromatic heterocycles. The number of hydrogen-bond donors (Lipinski definition) is 0. The van der Waals surface area contributed by atoms with Crippen molar-refractivity contribution in [1.82, 2.24) is 0 Å². The third-order valence-corrected chi connectivity index (χ3v) is 8.04. The Hall–Kier alpha value is 0.452. The van der Waals surface area contributed by atoms with E-state index in [2.05, 4.69) is 34.6 Å². The van der Waals surface area contributed by atoms with Gasteiger partial charge >= 0.3 is 14.5 Å². The number of hydrogen-bond acceptors (Lipinski definition) is 2. The van der Waals surface area contributed by atoms with Crippen LogP contribution < -0.4 is 0 Å². The molecule has 3 heteroatoms. The van der Waals surface area contributed by atoms with E-state index in [0.717, 1.165) is 19.4 Å². The molecule has 0 heterocycles. The number of rotatable bonds is 21. The highest BCUT2D eigenvalue weighted by Gasteiger charge is 2.24. The molecule has 0 amide bonds. The summed E-state index contributed by atoms with van der Waals surface area (Å²) in [5.41, 5.74) is 0. The molecule has 0 aliphatic heterocycles. The lowest BCUT2D eigenvalue weighted by Gasteiger charge is -2.24. The molecule has 0 rings (SSSR count). The molecule has 0 aromatic carbocycles. The standard InChI is InChI=1S/C8H17O2.2C8H17.Al/c1-4-5-8(9)10-6-7(2)3;2*1-3-5-7-8-6-4-2;/h7-8H,4-6H2,1-3H3;2*1,3-8H2,2H3;/q-1;;;+1. The normalized spacial score (nSPS) is 12.7. The van der Waals surface area contributed by atoms with E-state index in [-0.39, 0.29) is 6.29 Å². The van der Waals surface area contributed by atoms with E-state index < -0.39 is 14.5 Å². The highest BCUT2D eigenvalue weighted by molar-refractivity contribution is 6.51. The van der Waals surface area contributed by atoms with Crippen molar-refractivity contribution < 1.29 is 8.53 Å². The van der Waals surface area contributed by atoms with Gasteiger partial charge in [0.15, 0.2) is 0 Å². The van der Waals surface area contributed by atoms with Gasteiger partial charge in [0.05, 0.1) is 6.61 Å². The minimum Gasteiger partial charge on any atom is -0.478 e. The van der Waals surface area contributed by atoms with Gasteiger partial charge in [-0.15, -0.1) is 0 Å². The summed E-state index contributed by atoms with van der Waals surface area (Å²) >= 11 is -1.13. The lowest BCUT2D eigenvalue weighted by molar-refractivity contribution is -0.0960. The van der Waals surface area contributed by atoms with Gasteiger partial charge in [-0.1, -0.05) is 129 Å². The second-order valence-corrected chi connectivity index (χ2v) is 11.5. The molecule has 0 fully saturated rings. The summed E-state index contributed by atoms with van der Waals surface area (Å²) in [4.78, 5) is 0. The van der Waals surface area contributed by atoms with Gasteiger partial charge in [0.1, 0.15) is 6.29 Å². The Morgan fingerprint density at radius 3 is 1.56 bits per heavy atom. The summed E-state index contributed by atoms with van der Waals surface area (Å²) < 4.78 is 12.7. The average molecular weight is 399 g/mol. The van der Waals surface area contributed by atoms with Gasteiger partial charge in [-0.2, -0.15) is 0 Å². The lowest BCUT2D eigenvalue weighted by atomic mass is 10.1. The van der Waals surface area contributed by atoms with E-state index in [1.54, 1.807) is 0 Å². The highest BCUT2D eigenvalue weighted by Crippen LogP contribution is 2.19. The molecule has 0 spiro atoms. The second kappa shape index (κ2) is 21.2. The molecule has 0 radical (unpaired) electrons. The molecule has 0 saturated carbocycles. The van der Waals surface area contributed by atoms with Crippen LogP contribution in [0.5, 0.6) is 0 Å². The van der Waals surface area contributed by atoms with Crippen LogP contribution in [0.3, 0.4) is 0 Å². The topological polar surface area (TPSA) is 18.5 Å². The Balaban J connectivity index is 4.27. The monoisotopic (exact) mass is 398 g/mol. The molecule has 0 aliphatic rings. The van der Waals surface area contributed by atoms with Crippen LogP contribution in [0.1, 0.15) is 125 Å². The predicted molar refractivity (Wildman–Crippen MR) is 123 cm³/mol. The molecule has 0 aliphatic carbocycles. The van der Waals surface area contributed by atoms with Crippen LogP contribution in [0.25, 0.3) is 0 Å². The summed E-state index contributed by atoms with van der Waals surface area (Å²) in [5.74, 6) is 0.588. The van der Waals surface area contributed by atoms with E-state index in [1.165, 1.54) is 87.6 Å². The van der Waals surface area contributed by atoms with Crippen molar-refractivity contribution in [3.8, 4) is 0 Å². The minimum absolute atomic E-state index is 0.0641. The van der Waals surface area contributed by atoms with Crippen LogP contribution in [-0.2, 0) is 8.53 Å². The first-order valence-electron chi connectivity index (χ1n) is 12.4. The summed E-state index contributed by atoms with van der Waals surface area (Å²) in [5, 5.41) is 2.71. The van der Waals surface area contributed by atoms with Crippen molar-refractivity contribution in [1.29, 1.82) is 0 Å². The lowest BCUT2D eigenvalue weighted by Crippen LogP contribution is -2.29. The van der Waals surface area contributed by atoms with Gasteiger partial charge in [-0.25, -0.2) is 0 Å². The zero-order chi connectivity index (χ0) is 20.2. The zero-order valence-corrected chi connectivity index (χ0v) is 20.7. The summed E-state index contributed by atoms with van der Waals surface area (Å²) in [7, 11) is 0. The summed E-state index contributed by atoms with van der Waals surface area (Å²) in [6.07, 6.45) is 18.9. The maximum atomic E-state index is 6.61.